The highest BCUT2D eigenvalue weighted by Crippen LogP contribution is 2.14. The van der Waals surface area contributed by atoms with Crippen LogP contribution < -0.4 is 4.57 Å². The van der Waals surface area contributed by atoms with Crippen LogP contribution in [0, 0.1) is 0 Å². The number of hydrogen-bond acceptors (Lipinski definition) is 1. The number of hydrogen-bond donors (Lipinski definition) is 0. The summed E-state index contributed by atoms with van der Waals surface area (Å²) in [6, 6.07) is 6.46. The van der Waals surface area contributed by atoms with Gasteiger partial charge in [-0.1, -0.05) is 25.6 Å². The standard InChI is InChI=1S/C10H16NS/c1-8(2)9-6-5-7-10(12-4)11(9)3/h5-8H,1-4H3/q+1. The van der Waals surface area contributed by atoms with Gasteiger partial charge in [-0.25, -0.2) is 0 Å². The summed E-state index contributed by atoms with van der Waals surface area (Å²) in [6.07, 6.45) is 2.11. The number of thioether (sulfide) groups is 1. The van der Waals surface area contributed by atoms with E-state index < -0.39 is 0 Å². The summed E-state index contributed by atoms with van der Waals surface area (Å²) in [6.45, 7) is 4.44. The average molecular weight is 182 g/mol. The Morgan fingerprint density at radius 2 is 2.00 bits per heavy atom. The van der Waals surface area contributed by atoms with Crippen molar-refractivity contribution in [1.29, 1.82) is 0 Å². The summed E-state index contributed by atoms with van der Waals surface area (Å²) in [5.41, 5.74) is 1.39. The minimum absolute atomic E-state index is 0.599. The molecule has 0 bridgehead atoms. The van der Waals surface area contributed by atoms with E-state index in [0.717, 1.165) is 0 Å². The van der Waals surface area contributed by atoms with Gasteiger partial charge in [0.15, 0.2) is 5.69 Å². The SMILES string of the molecule is CSc1cccc(C(C)C)[n+]1C. The van der Waals surface area contributed by atoms with Crippen molar-refractivity contribution in [2.75, 3.05) is 6.26 Å². The van der Waals surface area contributed by atoms with E-state index in [0.29, 0.717) is 5.92 Å². The van der Waals surface area contributed by atoms with Gasteiger partial charge >= 0.3 is 0 Å². The molecule has 0 unspecified atom stereocenters. The molecule has 2 heteroatoms. The molecule has 1 aromatic rings. The van der Waals surface area contributed by atoms with Crippen LogP contribution in [-0.2, 0) is 7.05 Å². The minimum atomic E-state index is 0.599. The molecule has 0 aromatic carbocycles. The molecule has 1 aromatic heterocycles. The first-order chi connectivity index (χ1) is 5.66. The van der Waals surface area contributed by atoms with Crippen LogP contribution >= 0.6 is 11.8 Å². The lowest BCUT2D eigenvalue weighted by atomic mass is 10.1. The highest BCUT2D eigenvalue weighted by molar-refractivity contribution is 7.98. The second kappa shape index (κ2) is 3.94. The average Bonchev–Trinajstić information content (AvgIpc) is 2.04. The quantitative estimate of drug-likeness (QED) is 0.501. The molecule has 0 radical (unpaired) electrons. The van der Waals surface area contributed by atoms with Crippen molar-refractivity contribution in [1.82, 2.24) is 0 Å². The van der Waals surface area contributed by atoms with Gasteiger partial charge in [-0.3, -0.25) is 0 Å². The molecule has 1 nitrogen and oxygen atoms in total. The smallest absolute Gasteiger partial charge is 0.193 e. The normalized spacial score (nSPS) is 10.8. The van der Waals surface area contributed by atoms with E-state index in [1.54, 1.807) is 11.8 Å². The Hall–Kier alpha value is -0.500. The Morgan fingerprint density at radius 3 is 2.50 bits per heavy atom. The zero-order valence-corrected chi connectivity index (χ0v) is 8.98. The molecule has 0 spiro atoms. The van der Waals surface area contributed by atoms with Gasteiger partial charge in [0.25, 0.3) is 0 Å². The number of aromatic nitrogens is 1. The molecule has 1 rings (SSSR count). The van der Waals surface area contributed by atoms with Crippen molar-refractivity contribution in [3.05, 3.63) is 23.9 Å². The van der Waals surface area contributed by atoms with Crippen LogP contribution in [0.5, 0.6) is 0 Å². The first-order valence-corrected chi connectivity index (χ1v) is 5.42. The van der Waals surface area contributed by atoms with Crippen LogP contribution in [0.2, 0.25) is 0 Å². The fourth-order valence-corrected chi connectivity index (χ4v) is 1.96. The largest absolute Gasteiger partial charge is 0.239 e. The first kappa shape index (κ1) is 9.59. The van der Waals surface area contributed by atoms with E-state index in [9.17, 15) is 0 Å². The van der Waals surface area contributed by atoms with Crippen LogP contribution in [0.3, 0.4) is 0 Å². The van der Waals surface area contributed by atoms with E-state index in [1.807, 2.05) is 0 Å². The van der Waals surface area contributed by atoms with Gasteiger partial charge in [0.2, 0.25) is 5.03 Å². The predicted molar refractivity (Wildman–Crippen MR) is 53.5 cm³/mol. The topological polar surface area (TPSA) is 3.88 Å². The first-order valence-electron chi connectivity index (χ1n) is 4.19. The van der Waals surface area contributed by atoms with E-state index in [2.05, 4.69) is 49.9 Å². The molecule has 0 aliphatic heterocycles. The summed E-state index contributed by atoms with van der Waals surface area (Å²) in [5, 5.41) is 1.32. The molecule has 0 saturated carbocycles. The van der Waals surface area contributed by atoms with Crippen molar-refractivity contribution in [3.8, 4) is 0 Å². The predicted octanol–water partition coefficient (Wildman–Crippen LogP) is 2.36. The molecule has 1 heterocycles. The van der Waals surface area contributed by atoms with Crippen molar-refractivity contribution in [2.45, 2.75) is 24.8 Å². The molecule has 0 fully saturated rings. The molecule has 12 heavy (non-hydrogen) atoms. The zero-order valence-electron chi connectivity index (χ0n) is 8.16. The lowest BCUT2D eigenvalue weighted by molar-refractivity contribution is -0.716. The van der Waals surface area contributed by atoms with Crippen molar-refractivity contribution in [2.24, 2.45) is 7.05 Å². The molecule has 66 valence electrons. The lowest BCUT2D eigenvalue weighted by Crippen LogP contribution is -2.36. The van der Waals surface area contributed by atoms with Gasteiger partial charge in [0, 0.05) is 18.1 Å². The van der Waals surface area contributed by atoms with Crippen molar-refractivity contribution >= 4 is 11.8 Å². The molecule has 0 aliphatic carbocycles. The van der Waals surface area contributed by atoms with Gasteiger partial charge < -0.3 is 0 Å². The second-order valence-corrected chi connectivity index (χ2v) is 4.03. The molecule has 0 N–H and O–H groups in total. The number of pyridine rings is 1. The molecular weight excluding hydrogens is 166 g/mol. The Morgan fingerprint density at radius 1 is 1.33 bits per heavy atom. The lowest BCUT2D eigenvalue weighted by Gasteiger charge is -2.04. The van der Waals surface area contributed by atoms with Gasteiger partial charge in [0.05, 0.1) is 0 Å². The van der Waals surface area contributed by atoms with Crippen LogP contribution in [0.4, 0.5) is 0 Å². The number of nitrogens with zero attached hydrogens (tertiary/aromatic N) is 1. The van der Waals surface area contributed by atoms with Crippen LogP contribution in [-0.4, -0.2) is 6.26 Å². The molecule has 0 atom stereocenters. The molecular formula is C10H16NS+. The monoisotopic (exact) mass is 182 g/mol. The second-order valence-electron chi connectivity index (χ2n) is 3.21. The zero-order chi connectivity index (χ0) is 9.14. The number of rotatable bonds is 2. The summed E-state index contributed by atoms with van der Waals surface area (Å²) in [4.78, 5) is 0. The minimum Gasteiger partial charge on any atom is -0.193 e. The maximum Gasteiger partial charge on any atom is 0.239 e. The summed E-state index contributed by atoms with van der Waals surface area (Å²) in [7, 11) is 2.13. The molecule has 0 amide bonds. The highest BCUT2D eigenvalue weighted by atomic mass is 32.2. The van der Waals surface area contributed by atoms with Crippen LogP contribution in [0.25, 0.3) is 0 Å². The Bertz CT molecular complexity index is 269. The summed E-state index contributed by atoms with van der Waals surface area (Å²) in [5.74, 6) is 0.599. The van der Waals surface area contributed by atoms with E-state index >= 15 is 0 Å². The molecule has 0 aliphatic rings. The van der Waals surface area contributed by atoms with Crippen LogP contribution in [0.1, 0.15) is 25.5 Å². The fourth-order valence-electron chi connectivity index (χ4n) is 1.36. The van der Waals surface area contributed by atoms with Crippen LogP contribution in [0.15, 0.2) is 23.2 Å². The third-order valence-electron chi connectivity index (χ3n) is 2.02. The summed E-state index contributed by atoms with van der Waals surface area (Å²) >= 11 is 1.79. The molecule has 0 saturated heterocycles. The van der Waals surface area contributed by atoms with E-state index in [-0.39, 0.29) is 0 Å². The third kappa shape index (κ3) is 1.81. The van der Waals surface area contributed by atoms with Gasteiger partial charge in [-0.2, -0.15) is 4.57 Å². The fraction of sp³-hybridized carbons (Fsp3) is 0.500. The van der Waals surface area contributed by atoms with Gasteiger partial charge in [0.1, 0.15) is 7.05 Å². The maximum atomic E-state index is 2.26. The van der Waals surface area contributed by atoms with Crippen molar-refractivity contribution < 1.29 is 4.57 Å². The van der Waals surface area contributed by atoms with Gasteiger partial charge in [-0.15, -0.1) is 0 Å². The Labute approximate surface area is 78.8 Å². The van der Waals surface area contributed by atoms with E-state index in [1.165, 1.54) is 10.7 Å². The maximum absolute atomic E-state index is 2.26. The Kier molecular flexibility index (Phi) is 3.15. The van der Waals surface area contributed by atoms with Gasteiger partial charge in [-0.05, 0) is 12.3 Å². The highest BCUT2D eigenvalue weighted by Gasteiger charge is 2.13. The Balaban J connectivity index is 3.14. The third-order valence-corrected chi connectivity index (χ3v) is 2.85. The summed E-state index contributed by atoms with van der Waals surface area (Å²) < 4.78 is 2.26. The van der Waals surface area contributed by atoms with Crippen molar-refractivity contribution in [3.63, 3.8) is 0 Å². The van der Waals surface area contributed by atoms with E-state index in [4.69, 9.17) is 0 Å².